The van der Waals surface area contributed by atoms with Gasteiger partial charge in [0.1, 0.15) is 0 Å². The molecule has 5 nitrogen and oxygen atoms in total. The van der Waals surface area contributed by atoms with Gasteiger partial charge in [-0.15, -0.1) is 0 Å². The van der Waals surface area contributed by atoms with Crippen LogP contribution in [0.5, 0.6) is 0 Å². The smallest absolute Gasteiger partial charge is 0.307 e. The topological polar surface area (TPSA) is 86.6 Å². The third kappa shape index (κ3) is 2.73. The van der Waals surface area contributed by atoms with Crippen molar-refractivity contribution in [3.8, 4) is 0 Å². The Labute approximate surface area is 119 Å². The van der Waals surface area contributed by atoms with Crippen LogP contribution in [0.2, 0.25) is 0 Å². The Kier molecular flexibility index (Phi) is 4.48. The summed E-state index contributed by atoms with van der Waals surface area (Å²) in [4.78, 5) is 23.8. The van der Waals surface area contributed by atoms with E-state index >= 15 is 0 Å². The number of allylic oxidation sites excluding steroid dienone is 2. The maximum absolute atomic E-state index is 12.4. The number of carboxylic acids is 1. The van der Waals surface area contributed by atoms with Gasteiger partial charge < -0.3 is 15.5 Å². The zero-order chi connectivity index (χ0) is 14.9. The summed E-state index contributed by atoms with van der Waals surface area (Å²) in [5, 5.41) is 21.3. The van der Waals surface area contributed by atoms with Crippen molar-refractivity contribution in [3.05, 3.63) is 12.2 Å². The van der Waals surface area contributed by atoms with Crippen molar-refractivity contribution >= 4 is 11.9 Å². The minimum absolute atomic E-state index is 0.0106. The summed E-state index contributed by atoms with van der Waals surface area (Å²) in [7, 11) is 0. The molecule has 0 aromatic heterocycles. The fraction of sp³-hybridized carbons (Fsp3) is 0.733. The minimum atomic E-state index is -0.884. The van der Waals surface area contributed by atoms with E-state index in [1.54, 1.807) is 0 Å². The molecule has 1 fully saturated rings. The van der Waals surface area contributed by atoms with Crippen LogP contribution in [-0.4, -0.2) is 34.7 Å². The molecule has 2 aliphatic rings. The second-order valence-electron chi connectivity index (χ2n) is 6.21. The molecule has 0 saturated heterocycles. The van der Waals surface area contributed by atoms with Gasteiger partial charge in [-0.25, -0.2) is 0 Å². The summed E-state index contributed by atoms with van der Waals surface area (Å²) in [6.45, 7) is 3.98. The number of aliphatic hydroxyl groups is 1. The third-order valence-corrected chi connectivity index (χ3v) is 4.62. The molecule has 2 rings (SSSR count). The second kappa shape index (κ2) is 5.95. The maximum Gasteiger partial charge on any atom is 0.307 e. The average Bonchev–Trinajstić information content (AvgIpc) is 2.97. The Bertz CT molecular complexity index is 418. The molecule has 20 heavy (non-hydrogen) atoms. The number of carboxylic acid groups (broad SMARTS) is 1. The fourth-order valence-corrected chi connectivity index (χ4v) is 3.51. The van der Waals surface area contributed by atoms with Gasteiger partial charge >= 0.3 is 5.97 Å². The number of aliphatic carboxylic acids is 1. The molecule has 0 aromatic rings. The molecular weight excluding hydrogens is 258 g/mol. The van der Waals surface area contributed by atoms with Crippen LogP contribution in [0.3, 0.4) is 0 Å². The van der Waals surface area contributed by atoms with E-state index in [4.69, 9.17) is 5.11 Å². The normalized spacial score (nSPS) is 32.6. The molecule has 3 unspecified atom stereocenters. The molecule has 0 aliphatic heterocycles. The molecule has 3 N–H and O–H groups in total. The zero-order valence-electron chi connectivity index (χ0n) is 12.0. The summed E-state index contributed by atoms with van der Waals surface area (Å²) in [6.07, 6.45) is 5.17. The maximum atomic E-state index is 12.4. The number of fused-ring (bicyclic) bond motifs is 2. The van der Waals surface area contributed by atoms with E-state index in [-0.39, 0.29) is 36.3 Å². The lowest BCUT2D eigenvalue weighted by Gasteiger charge is -2.28. The first-order valence-corrected chi connectivity index (χ1v) is 7.28. The fourth-order valence-electron chi connectivity index (χ4n) is 3.51. The molecule has 1 amide bonds. The molecule has 112 valence electrons. The zero-order valence-corrected chi connectivity index (χ0v) is 12.0. The van der Waals surface area contributed by atoms with E-state index in [0.717, 1.165) is 6.42 Å². The number of aliphatic hydroxyl groups excluding tert-OH is 1. The standard InChI is InChI=1S/C15H23NO4/c1-8(2)11(5-6-17)16-14(18)12-9-3-4-10(7-9)13(12)15(19)20/h3-4,8-13,17H,5-7H2,1-2H3,(H,16,18)(H,19,20)/t9?,10?,11?,12-,13+/m0/s1. The van der Waals surface area contributed by atoms with Crippen LogP contribution >= 0.6 is 0 Å². The quantitative estimate of drug-likeness (QED) is 0.635. The lowest BCUT2D eigenvalue weighted by molar-refractivity contribution is -0.148. The van der Waals surface area contributed by atoms with Gasteiger partial charge in [0.25, 0.3) is 0 Å². The second-order valence-corrected chi connectivity index (χ2v) is 6.21. The third-order valence-electron chi connectivity index (χ3n) is 4.62. The van der Waals surface area contributed by atoms with Crippen molar-refractivity contribution in [2.45, 2.75) is 32.7 Å². The highest BCUT2D eigenvalue weighted by atomic mass is 16.4. The van der Waals surface area contributed by atoms with E-state index < -0.39 is 17.8 Å². The Balaban J connectivity index is 2.08. The Morgan fingerprint density at radius 2 is 1.85 bits per heavy atom. The van der Waals surface area contributed by atoms with Gasteiger partial charge in [-0.05, 0) is 30.6 Å². The molecule has 0 aromatic carbocycles. The van der Waals surface area contributed by atoms with Crippen molar-refractivity contribution < 1.29 is 19.8 Å². The highest BCUT2D eigenvalue weighted by Crippen LogP contribution is 2.48. The van der Waals surface area contributed by atoms with Gasteiger partial charge in [-0.1, -0.05) is 26.0 Å². The van der Waals surface area contributed by atoms with Crippen molar-refractivity contribution in [1.29, 1.82) is 0 Å². The van der Waals surface area contributed by atoms with Crippen LogP contribution in [0.15, 0.2) is 12.2 Å². The monoisotopic (exact) mass is 281 g/mol. The molecule has 5 heteroatoms. The number of nitrogens with one attached hydrogen (secondary N) is 1. The number of hydrogen-bond acceptors (Lipinski definition) is 3. The number of hydrogen-bond donors (Lipinski definition) is 3. The molecule has 2 aliphatic carbocycles. The van der Waals surface area contributed by atoms with Gasteiger partial charge in [0.15, 0.2) is 0 Å². The predicted octanol–water partition coefficient (Wildman–Crippen LogP) is 1.03. The highest BCUT2D eigenvalue weighted by molar-refractivity contribution is 5.87. The Morgan fingerprint density at radius 1 is 1.25 bits per heavy atom. The van der Waals surface area contributed by atoms with Crippen LogP contribution in [-0.2, 0) is 9.59 Å². The Hall–Kier alpha value is -1.36. The molecule has 2 bridgehead atoms. The average molecular weight is 281 g/mol. The number of carbonyl (C=O) groups excluding carboxylic acids is 1. The van der Waals surface area contributed by atoms with Crippen LogP contribution in [0.4, 0.5) is 0 Å². The van der Waals surface area contributed by atoms with Crippen LogP contribution in [0, 0.1) is 29.6 Å². The lowest BCUT2D eigenvalue weighted by Crippen LogP contribution is -2.46. The van der Waals surface area contributed by atoms with Gasteiger partial charge in [0, 0.05) is 12.6 Å². The van der Waals surface area contributed by atoms with Crippen molar-refractivity contribution in [1.82, 2.24) is 5.32 Å². The summed E-state index contributed by atoms with van der Waals surface area (Å²) in [5.74, 6) is -1.89. The van der Waals surface area contributed by atoms with Crippen LogP contribution in [0.25, 0.3) is 0 Å². The number of carbonyl (C=O) groups is 2. The summed E-state index contributed by atoms with van der Waals surface area (Å²) in [6, 6.07) is -0.106. The van der Waals surface area contributed by atoms with E-state index in [2.05, 4.69) is 5.32 Å². The number of amides is 1. The van der Waals surface area contributed by atoms with Gasteiger partial charge in [0.05, 0.1) is 11.8 Å². The molecule has 0 radical (unpaired) electrons. The van der Waals surface area contributed by atoms with E-state index in [1.165, 1.54) is 0 Å². The van der Waals surface area contributed by atoms with Crippen LogP contribution < -0.4 is 5.32 Å². The SMILES string of the molecule is CC(C)C(CCO)NC(=O)[C@H]1C2C=CC(C2)[C@H]1C(=O)O. The minimum Gasteiger partial charge on any atom is -0.481 e. The molecule has 0 spiro atoms. The summed E-state index contributed by atoms with van der Waals surface area (Å²) >= 11 is 0. The Morgan fingerprint density at radius 3 is 2.35 bits per heavy atom. The molecular formula is C15H23NO4. The van der Waals surface area contributed by atoms with Crippen molar-refractivity contribution in [2.75, 3.05) is 6.61 Å². The molecule has 0 heterocycles. The van der Waals surface area contributed by atoms with Gasteiger partial charge in [-0.3, -0.25) is 9.59 Å². The van der Waals surface area contributed by atoms with E-state index in [1.807, 2.05) is 26.0 Å². The van der Waals surface area contributed by atoms with E-state index in [0.29, 0.717) is 6.42 Å². The first-order chi connectivity index (χ1) is 9.45. The van der Waals surface area contributed by atoms with E-state index in [9.17, 15) is 14.7 Å². The molecule has 5 atom stereocenters. The molecule has 1 saturated carbocycles. The lowest BCUT2D eigenvalue weighted by atomic mass is 9.82. The predicted molar refractivity (Wildman–Crippen MR) is 73.8 cm³/mol. The first-order valence-electron chi connectivity index (χ1n) is 7.28. The number of rotatable bonds is 6. The van der Waals surface area contributed by atoms with Crippen molar-refractivity contribution in [3.63, 3.8) is 0 Å². The first kappa shape index (κ1) is 15.0. The largest absolute Gasteiger partial charge is 0.481 e. The highest BCUT2D eigenvalue weighted by Gasteiger charge is 2.51. The van der Waals surface area contributed by atoms with Crippen LogP contribution in [0.1, 0.15) is 26.7 Å². The summed E-state index contributed by atoms with van der Waals surface area (Å²) in [5.41, 5.74) is 0. The van der Waals surface area contributed by atoms with Gasteiger partial charge in [0.2, 0.25) is 5.91 Å². The van der Waals surface area contributed by atoms with Crippen molar-refractivity contribution in [2.24, 2.45) is 29.6 Å². The van der Waals surface area contributed by atoms with Gasteiger partial charge in [-0.2, -0.15) is 0 Å². The summed E-state index contributed by atoms with van der Waals surface area (Å²) < 4.78 is 0.